The average molecular weight is 1430 g/mol. The summed E-state index contributed by atoms with van der Waals surface area (Å²) in [5.74, 6) is 3.15. The summed E-state index contributed by atoms with van der Waals surface area (Å²) in [5.41, 5.74) is 23.0. The van der Waals surface area contributed by atoms with E-state index in [0.717, 1.165) is 229 Å². The Labute approximate surface area is 617 Å². The van der Waals surface area contributed by atoms with Gasteiger partial charge in [0.15, 0.2) is 0 Å². The molecule has 4 aliphatic rings. The number of nitrogens with zero attached hydrogens (tertiary/aromatic N) is 15. The van der Waals surface area contributed by atoms with E-state index in [1.807, 2.05) is 150 Å². The molecule has 0 unspecified atom stereocenters. The zero-order valence-electron chi connectivity index (χ0n) is 59.5. The molecular weight excluding hydrogens is 1340 g/mol. The number of rotatable bonds is 16. The Morgan fingerprint density at radius 1 is 0.393 bits per heavy atom. The molecule has 27 nitrogen and oxygen atoms in total. The molecule has 4 aliphatic heterocycles. The van der Waals surface area contributed by atoms with Crippen molar-refractivity contribution in [1.82, 2.24) is 104 Å². The number of aromatic nitrogens is 17. The average Bonchev–Trinajstić information content (AvgIpc) is 1.69. The number of aromatic amines is 2. The van der Waals surface area contributed by atoms with Gasteiger partial charge in [-0.15, -0.1) is 0 Å². The van der Waals surface area contributed by atoms with Crippen LogP contribution < -0.4 is 48.3 Å². The van der Waals surface area contributed by atoms with Crippen LogP contribution in [0.2, 0.25) is 0 Å². The standard InChI is InChI=1S/C21H23N7.C21H22N6.C20H21N7.C18H20N6O/c1-27-13-16(11-24-27)15-5-6-21-23-12-19(28(21)14-15)18-3-2-4-20(26-18)25-17-7-9-22-10-8-17;1-3-18(26-20(5-1)25-16-8-11-22-12-9-16)19-13-24-21-7-6-15(14-27(19)21)17-4-2-10-23-17;1-2-17(25-19(3-1)24-15-6-9-21-10-7-15)18-12-22-20-5-4-14(13-27(18)20)16-8-11-23-26-16;19-18(25)12-4-5-17-21-10-15(24(17)11-12)14-2-1-3-16(23-14)22-13-6-8-20-9-7-13/h2-6,11-14,17,22H,7-10H2,1H3,(H,25,26);1-7,10,13-14,16,22-23H,8-9,11-12H2,(H,25,26);1-5,8,11-13,15,21H,6-7,9-10H2,(H,23,26)(H,24,25);1-5,10-11,13,20H,6-9H2,(H2,19,25)(H,22,23). The molecule has 15 aromatic heterocycles. The summed E-state index contributed by atoms with van der Waals surface area (Å²) in [5, 5.41) is 39.1. The van der Waals surface area contributed by atoms with Gasteiger partial charge in [0, 0.05) is 103 Å². The van der Waals surface area contributed by atoms with Crippen molar-refractivity contribution in [3.8, 4) is 79.2 Å². The molecule has 0 radical (unpaired) electrons. The number of fused-ring (bicyclic) bond motifs is 4. The highest BCUT2D eigenvalue weighted by molar-refractivity contribution is 5.93. The number of carbonyl (C=O) groups excluding carboxylic acids is 1. The summed E-state index contributed by atoms with van der Waals surface area (Å²) >= 11 is 0. The second-order valence-electron chi connectivity index (χ2n) is 27.3. The maximum absolute atomic E-state index is 11.4. The predicted molar refractivity (Wildman–Crippen MR) is 420 cm³/mol. The number of pyridine rings is 8. The fourth-order valence-electron chi connectivity index (χ4n) is 14.1. The van der Waals surface area contributed by atoms with E-state index in [1.54, 1.807) is 30.7 Å². The van der Waals surface area contributed by atoms with Crippen LogP contribution in [0.3, 0.4) is 0 Å². The van der Waals surface area contributed by atoms with Crippen molar-refractivity contribution in [3.63, 3.8) is 0 Å². The summed E-state index contributed by atoms with van der Waals surface area (Å²) in [6, 6.07) is 47.9. The number of hydrogen-bond donors (Lipinski definition) is 11. The number of carbonyl (C=O) groups is 1. The summed E-state index contributed by atoms with van der Waals surface area (Å²) in [6.07, 6.45) is 31.9. The summed E-state index contributed by atoms with van der Waals surface area (Å²) in [4.78, 5) is 52.0. The molecule has 12 N–H and O–H groups in total. The molecule has 4 saturated heterocycles. The quantitative estimate of drug-likeness (QED) is 0.0428. The molecule has 0 spiro atoms. The van der Waals surface area contributed by atoms with Gasteiger partial charge in [0.25, 0.3) is 0 Å². The predicted octanol–water partition coefficient (Wildman–Crippen LogP) is 11.1. The van der Waals surface area contributed by atoms with E-state index in [0.29, 0.717) is 29.7 Å². The minimum absolute atomic E-state index is 0.438. The molecule has 27 heteroatoms. The topological polar surface area (TPSA) is 322 Å². The second kappa shape index (κ2) is 32.3. The van der Waals surface area contributed by atoms with Crippen LogP contribution in [0.25, 0.3) is 102 Å². The van der Waals surface area contributed by atoms with Gasteiger partial charge in [-0.05, 0) is 219 Å². The zero-order chi connectivity index (χ0) is 72.3. The fraction of sp³-hybridized carbons (Fsp3) is 0.263. The molecule has 0 aromatic carbocycles. The van der Waals surface area contributed by atoms with Gasteiger partial charge in [0.2, 0.25) is 5.91 Å². The Morgan fingerprint density at radius 3 is 1.12 bits per heavy atom. The van der Waals surface area contributed by atoms with Crippen LogP contribution >= 0.6 is 0 Å². The first-order valence-corrected chi connectivity index (χ1v) is 36.8. The highest BCUT2D eigenvalue weighted by Crippen LogP contribution is 2.30. The molecule has 0 bridgehead atoms. The van der Waals surface area contributed by atoms with E-state index in [4.69, 9.17) is 25.7 Å². The number of imidazole rings is 4. The Kier molecular flexibility index (Phi) is 20.8. The Hall–Kier alpha value is -12.4. The minimum atomic E-state index is -0.462. The van der Waals surface area contributed by atoms with E-state index in [2.05, 4.69) is 145 Å². The number of amides is 1. The van der Waals surface area contributed by atoms with Gasteiger partial charge < -0.3 is 53.3 Å². The van der Waals surface area contributed by atoms with Crippen LogP contribution in [0.15, 0.2) is 214 Å². The molecule has 542 valence electrons. The summed E-state index contributed by atoms with van der Waals surface area (Å²) in [7, 11) is 1.93. The van der Waals surface area contributed by atoms with Crippen molar-refractivity contribution in [2.24, 2.45) is 12.8 Å². The lowest BCUT2D eigenvalue weighted by Gasteiger charge is -2.24. The van der Waals surface area contributed by atoms with Gasteiger partial charge >= 0.3 is 0 Å². The first-order chi connectivity index (χ1) is 52.7. The van der Waals surface area contributed by atoms with E-state index < -0.39 is 5.91 Å². The number of nitrogens with two attached hydrogens (primary N) is 1. The van der Waals surface area contributed by atoms with Crippen LogP contribution in [0.1, 0.15) is 61.7 Å². The normalized spacial score (nSPS) is 15.3. The number of H-pyrrole nitrogens is 2. The van der Waals surface area contributed by atoms with E-state index in [-0.39, 0.29) is 0 Å². The smallest absolute Gasteiger partial charge is 0.250 e. The Bertz CT molecular complexity index is 5280. The molecule has 19 rings (SSSR count). The first kappa shape index (κ1) is 69.0. The van der Waals surface area contributed by atoms with Gasteiger partial charge in [0.05, 0.1) is 87.8 Å². The molecule has 0 saturated carbocycles. The molecule has 1 amide bonds. The molecule has 107 heavy (non-hydrogen) atoms. The van der Waals surface area contributed by atoms with Crippen LogP contribution in [-0.4, -0.2) is 165 Å². The number of aryl methyl sites for hydroxylation is 1. The van der Waals surface area contributed by atoms with Crippen LogP contribution in [0.5, 0.6) is 0 Å². The number of hydrogen-bond acceptors (Lipinski definition) is 19. The number of primary amides is 1. The molecule has 19 heterocycles. The van der Waals surface area contributed by atoms with Gasteiger partial charge in [-0.2, -0.15) is 10.2 Å². The largest absolute Gasteiger partial charge is 0.367 e. The van der Waals surface area contributed by atoms with Gasteiger partial charge in [-0.1, -0.05) is 24.3 Å². The summed E-state index contributed by atoms with van der Waals surface area (Å²) < 4.78 is 9.93. The molecule has 0 aliphatic carbocycles. The second-order valence-corrected chi connectivity index (χ2v) is 27.3. The van der Waals surface area contributed by atoms with Crippen LogP contribution in [0, 0.1) is 0 Å². The molecule has 4 fully saturated rings. The lowest BCUT2D eigenvalue weighted by Crippen LogP contribution is -2.35. The van der Waals surface area contributed by atoms with E-state index >= 15 is 0 Å². The highest BCUT2D eigenvalue weighted by atomic mass is 16.1. The van der Waals surface area contributed by atoms with Crippen molar-refractivity contribution < 1.29 is 4.79 Å². The maximum Gasteiger partial charge on any atom is 0.250 e. The minimum Gasteiger partial charge on any atom is -0.367 e. The number of piperidine rings is 4. The lowest BCUT2D eigenvalue weighted by molar-refractivity contribution is 0.0999. The van der Waals surface area contributed by atoms with Crippen LogP contribution in [-0.2, 0) is 7.05 Å². The molecule has 0 atom stereocenters. The van der Waals surface area contributed by atoms with Crippen LogP contribution in [0.4, 0.5) is 23.3 Å². The van der Waals surface area contributed by atoms with Gasteiger partial charge in [-0.3, -0.25) is 32.2 Å². The first-order valence-electron chi connectivity index (χ1n) is 36.8. The lowest BCUT2D eigenvalue weighted by atomic mass is 10.1. The maximum atomic E-state index is 11.4. The van der Waals surface area contributed by atoms with Crippen molar-refractivity contribution >= 4 is 51.8 Å². The third kappa shape index (κ3) is 16.4. The van der Waals surface area contributed by atoms with Crippen molar-refractivity contribution in [3.05, 3.63) is 219 Å². The third-order valence-corrected chi connectivity index (χ3v) is 19.9. The zero-order valence-corrected chi connectivity index (χ0v) is 59.5. The van der Waals surface area contributed by atoms with E-state index in [9.17, 15) is 4.79 Å². The van der Waals surface area contributed by atoms with Crippen molar-refractivity contribution in [2.75, 3.05) is 73.6 Å². The fourth-order valence-corrected chi connectivity index (χ4v) is 14.1. The van der Waals surface area contributed by atoms with Gasteiger partial charge in [0.1, 0.15) is 45.9 Å². The Balaban J connectivity index is 0.000000109. The van der Waals surface area contributed by atoms with E-state index in [1.165, 1.54) is 0 Å². The number of nitrogens with one attached hydrogen (secondary N) is 10. The Morgan fingerprint density at radius 2 is 0.766 bits per heavy atom. The van der Waals surface area contributed by atoms with Crippen molar-refractivity contribution in [1.29, 1.82) is 0 Å². The SMILES string of the molecule is Cn1cc(-c2ccc3ncc(-c4cccc(NC5CCNCC5)n4)n3c2)cn1.NC(=O)c1ccc2ncc(-c3cccc(NC4CCNCC4)n3)n2c1.c1cc(NC2CCNCC2)nc(-c2cnc3ccc(-c4ccc[nH]4)cn23)c1.c1cc(NC2CCNCC2)nc(-c2cnc3ccc(-c4ccn[nH]4)cn23)c1. The summed E-state index contributed by atoms with van der Waals surface area (Å²) in [6.45, 7) is 8.41. The molecular formula is C80H86N26O. The number of anilines is 4. The monoisotopic (exact) mass is 1430 g/mol. The van der Waals surface area contributed by atoms with Gasteiger partial charge in [-0.25, -0.2) is 39.9 Å². The van der Waals surface area contributed by atoms with Crippen molar-refractivity contribution in [2.45, 2.75) is 75.5 Å². The highest BCUT2D eigenvalue weighted by Gasteiger charge is 2.21. The third-order valence-electron chi connectivity index (χ3n) is 19.9. The molecule has 15 aromatic rings.